The van der Waals surface area contributed by atoms with Gasteiger partial charge in [-0.1, -0.05) is 18.2 Å². The number of anilines is 1. The number of amides is 3. The van der Waals surface area contributed by atoms with Crippen molar-refractivity contribution in [2.75, 3.05) is 58.3 Å². The molecule has 0 saturated carbocycles. The van der Waals surface area contributed by atoms with E-state index in [-0.39, 0.29) is 55.4 Å². The lowest BCUT2D eigenvalue weighted by Crippen LogP contribution is -2.39. The van der Waals surface area contributed by atoms with Crippen LogP contribution in [0, 0.1) is 12.8 Å². The Hall–Kier alpha value is -4.48. The topological polar surface area (TPSA) is 100 Å². The molecule has 0 unspecified atom stereocenters. The van der Waals surface area contributed by atoms with E-state index in [2.05, 4.69) is 10.4 Å². The molecule has 3 aromatic rings. The van der Waals surface area contributed by atoms with E-state index in [0.717, 1.165) is 11.3 Å². The standard InChI is InChI=1S/C31H36F2N6O4/c1-20-15-27(35-39(20)31(32)33)30(42)37-12-6-11-34-28(40)26-19-38(29(41)22-8-4-9-23(16-22)36(2)3)18-25(26)21-7-5-10-24(17-21)43-14-13-37/h4-5,7-10,15-17,25-26,31H,6,11-14,18-19H2,1-3H3,(H,34,40)/t25-,26+/m1/s1. The fourth-order valence-corrected chi connectivity index (χ4v) is 5.66. The summed E-state index contributed by atoms with van der Waals surface area (Å²) in [6.07, 6.45) is 0.439. The molecule has 1 N–H and O–H groups in total. The minimum absolute atomic E-state index is 0.0698. The van der Waals surface area contributed by atoms with Gasteiger partial charge in [-0.05, 0) is 55.3 Å². The van der Waals surface area contributed by atoms with Crippen molar-refractivity contribution in [3.63, 3.8) is 0 Å². The highest BCUT2D eigenvalue weighted by Gasteiger charge is 2.40. The van der Waals surface area contributed by atoms with Gasteiger partial charge in [0.15, 0.2) is 5.69 Å². The number of nitrogens with one attached hydrogen (secondary N) is 1. The lowest BCUT2D eigenvalue weighted by Gasteiger charge is -2.24. The van der Waals surface area contributed by atoms with Crippen LogP contribution in [0.25, 0.3) is 0 Å². The third kappa shape index (κ3) is 6.63. The minimum Gasteiger partial charge on any atom is -0.492 e. The largest absolute Gasteiger partial charge is 0.492 e. The molecule has 0 radical (unpaired) electrons. The molecule has 3 heterocycles. The molecule has 2 aliphatic rings. The number of nitrogens with zero attached hydrogens (tertiary/aromatic N) is 5. The molecular weight excluding hydrogens is 558 g/mol. The van der Waals surface area contributed by atoms with E-state index in [1.165, 1.54) is 17.9 Å². The molecule has 1 fully saturated rings. The monoisotopic (exact) mass is 594 g/mol. The minimum atomic E-state index is -2.85. The first-order chi connectivity index (χ1) is 20.6. The van der Waals surface area contributed by atoms with Gasteiger partial charge in [-0.25, -0.2) is 4.68 Å². The van der Waals surface area contributed by atoms with E-state index < -0.39 is 18.4 Å². The highest BCUT2D eigenvalue weighted by atomic mass is 19.3. The predicted molar refractivity (Wildman–Crippen MR) is 157 cm³/mol. The summed E-state index contributed by atoms with van der Waals surface area (Å²) in [5, 5.41) is 6.79. The molecule has 2 bridgehead atoms. The molecule has 0 aliphatic carbocycles. The maximum absolute atomic E-state index is 13.5. The number of carbonyl (C=O) groups excluding carboxylic acids is 3. The zero-order valence-electron chi connectivity index (χ0n) is 24.5. The number of rotatable bonds is 4. The number of likely N-dealkylation sites (tertiary alicyclic amines) is 1. The van der Waals surface area contributed by atoms with E-state index in [1.54, 1.807) is 17.0 Å². The first kappa shape index (κ1) is 30.0. The smallest absolute Gasteiger partial charge is 0.333 e. The number of hydrogen-bond acceptors (Lipinski definition) is 6. The van der Waals surface area contributed by atoms with Crippen molar-refractivity contribution >= 4 is 23.4 Å². The van der Waals surface area contributed by atoms with Crippen LogP contribution in [0.15, 0.2) is 54.6 Å². The summed E-state index contributed by atoms with van der Waals surface area (Å²) >= 11 is 0. The highest BCUT2D eigenvalue weighted by molar-refractivity contribution is 5.96. The molecular formula is C31H36F2N6O4. The van der Waals surface area contributed by atoms with Crippen molar-refractivity contribution < 1.29 is 27.9 Å². The summed E-state index contributed by atoms with van der Waals surface area (Å²) in [7, 11) is 3.83. The quantitative estimate of drug-likeness (QED) is 0.496. The second-order valence-electron chi connectivity index (χ2n) is 11.1. The van der Waals surface area contributed by atoms with Crippen LogP contribution in [0.5, 0.6) is 5.75 Å². The number of fused-ring (bicyclic) bond motifs is 4. The second kappa shape index (κ2) is 12.8. The Morgan fingerprint density at radius 1 is 1.00 bits per heavy atom. The van der Waals surface area contributed by atoms with Gasteiger partial charge in [-0.15, -0.1) is 0 Å². The summed E-state index contributed by atoms with van der Waals surface area (Å²) in [4.78, 5) is 45.4. The van der Waals surface area contributed by atoms with Crippen LogP contribution in [-0.2, 0) is 4.79 Å². The molecule has 3 amide bonds. The highest BCUT2D eigenvalue weighted by Crippen LogP contribution is 2.35. The lowest BCUT2D eigenvalue weighted by molar-refractivity contribution is -0.124. The fourth-order valence-electron chi connectivity index (χ4n) is 5.66. The molecule has 43 heavy (non-hydrogen) atoms. The van der Waals surface area contributed by atoms with Crippen molar-refractivity contribution in [1.29, 1.82) is 0 Å². The van der Waals surface area contributed by atoms with Gasteiger partial charge in [0.2, 0.25) is 5.91 Å². The van der Waals surface area contributed by atoms with Crippen LogP contribution >= 0.6 is 0 Å². The van der Waals surface area contributed by atoms with E-state index in [1.807, 2.05) is 55.4 Å². The predicted octanol–water partition coefficient (Wildman–Crippen LogP) is 3.55. The first-order valence-electron chi connectivity index (χ1n) is 14.3. The number of carbonyl (C=O) groups is 3. The van der Waals surface area contributed by atoms with Crippen molar-refractivity contribution in [3.05, 3.63) is 77.1 Å². The van der Waals surface area contributed by atoms with Gasteiger partial charge in [-0.3, -0.25) is 14.4 Å². The molecule has 2 atom stereocenters. The molecule has 1 saturated heterocycles. The third-order valence-corrected chi connectivity index (χ3v) is 7.99. The molecule has 228 valence electrons. The summed E-state index contributed by atoms with van der Waals surface area (Å²) < 4.78 is 33.0. The average molecular weight is 595 g/mol. The van der Waals surface area contributed by atoms with Gasteiger partial charge in [0.25, 0.3) is 11.8 Å². The Balaban J connectivity index is 1.35. The van der Waals surface area contributed by atoms with Gasteiger partial charge >= 0.3 is 6.55 Å². The zero-order valence-corrected chi connectivity index (χ0v) is 24.5. The van der Waals surface area contributed by atoms with Crippen LogP contribution in [-0.4, -0.2) is 90.7 Å². The first-order valence-corrected chi connectivity index (χ1v) is 14.3. The number of alkyl halides is 2. The fraction of sp³-hybridized carbons (Fsp3) is 0.419. The van der Waals surface area contributed by atoms with E-state index in [0.29, 0.717) is 35.5 Å². The number of benzene rings is 2. The van der Waals surface area contributed by atoms with Crippen molar-refractivity contribution in [2.45, 2.75) is 25.8 Å². The van der Waals surface area contributed by atoms with Gasteiger partial charge in [0, 0.05) is 63.1 Å². The summed E-state index contributed by atoms with van der Waals surface area (Å²) in [5.74, 6) is -0.913. The van der Waals surface area contributed by atoms with Gasteiger partial charge in [0.05, 0.1) is 12.5 Å². The lowest BCUT2D eigenvalue weighted by atomic mass is 9.88. The van der Waals surface area contributed by atoms with Gasteiger partial charge < -0.3 is 24.8 Å². The molecule has 1 aromatic heterocycles. The number of ether oxygens (including phenoxy) is 1. The van der Waals surface area contributed by atoms with Gasteiger partial charge in [0.1, 0.15) is 12.4 Å². The number of halogens is 2. The Morgan fingerprint density at radius 2 is 1.77 bits per heavy atom. The summed E-state index contributed by atoms with van der Waals surface area (Å²) in [6.45, 7) is 0.231. The normalized spacial score (nSPS) is 19.3. The van der Waals surface area contributed by atoms with Crippen LogP contribution < -0.4 is 15.0 Å². The Morgan fingerprint density at radius 3 is 2.51 bits per heavy atom. The number of aromatic nitrogens is 2. The molecule has 0 spiro atoms. The van der Waals surface area contributed by atoms with Gasteiger partial charge in [-0.2, -0.15) is 13.9 Å². The van der Waals surface area contributed by atoms with E-state index in [4.69, 9.17) is 4.74 Å². The number of hydrogen-bond donors (Lipinski definition) is 1. The van der Waals surface area contributed by atoms with Crippen LogP contribution in [0.4, 0.5) is 14.5 Å². The zero-order chi connectivity index (χ0) is 30.7. The molecule has 2 aliphatic heterocycles. The second-order valence-corrected chi connectivity index (χ2v) is 11.1. The van der Waals surface area contributed by atoms with E-state index >= 15 is 0 Å². The third-order valence-electron chi connectivity index (χ3n) is 7.99. The Bertz CT molecular complexity index is 1490. The van der Waals surface area contributed by atoms with Crippen LogP contribution in [0.3, 0.4) is 0 Å². The molecule has 10 nitrogen and oxygen atoms in total. The Kier molecular flexibility index (Phi) is 8.93. The number of aryl methyl sites for hydroxylation is 1. The van der Waals surface area contributed by atoms with Crippen molar-refractivity contribution in [1.82, 2.24) is 24.9 Å². The average Bonchev–Trinajstić information content (AvgIpc) is 3.62. The maximum atomic E-state index is 13.5. The van der Waals surface area contributed by atoms with Crippen molar-refractivity contribution in [3.8, 4) is 5.75 Å². The maximum Gasteiger partial charge on any atom is 0.333 e. The molecule has 5 rings (SSSR count). The van der Waals surface area contributed by atoms with Crippen molar-refractivity contribution in [2.24, 2.45) is 5.92 Å². The van der Waals surface area contributed by atoms with Crippen LogP contribution in [0.1, 0.15) is 51.0 Å². The summed E-state index contributed by atoms with van der Waals surface area (Å²) in [6, 6.07) is 16.2. The SMILES string of the molecule is Cc1cc(C(=O)N2CCCNC(=O)[C@H]3CN(C(=O)c4cccc(N(C)C)c4)C[C@@H]3c3cccc(c3)OCC2)nn1C(F)F. The van der Waals surface area contributed by atoms with E-state index in [9.17, 15) is 23.2 Å². The van der Waals surface area contributed by atoms with Crippen LogP contribution in [0.2, 0.25) is 0 Å². The Labute approximate surface area is 249 Å². The summed E-state index contributed by atoms with van der Waals surface area (Å²) in [5.41, 5.74) is 2.47. The molecule has 12 heteroatoms. The molecule has 2 aromatic carbocycles.